The van der Waals surface area contributed by atoms with Crippen LogP contribution in [0.2, 0.25) is 0 Å². The van der Waals surface area contributed by atoms with Crippen LogP contribution in [0.5, 0.6) is 11.5 Å². The second kappa shape index (κ2) is 8.15. The molecule has 0 aliphatic carbocycles. The highest BCUT2D eigenvalue weighted by atomic mass is 16.5. The molecule has 0 saturated carbocycles. The molecule has 5 heteroatoms. The number of anilines is 1. The molecule has 5 nitrogen and oxygen atoms in total. The van der Waals surface area contributed by atoms with Crippen molar-refractivity contribution in [3.8, 4) is 11.5 Å². The van der Waals surface area contributed by atoms with Crippen LogP contribution >= 0.6 is 0 Å². The third kappa shape index (κ3) is 4.84. The number of nitrogens with zero attached hydrogens (tertiary/aromatic N) is 1. The number of hydrogen-bond acceptors (Lipinski definition) is 4. The van der Waals surface area contributed by atoms with Crippen LogP contribution in [-0.4, -0.2) is 25.3 Å². The average Bonchev–Trinajstić information content (AvgIpc) is 2.54. The lowest BCUT2D eigenvalue weighted by atomic mass is 10.2. The fourth-order valence-corrected chi connectivity index (χ4v) is 2.14. The topological polar surface area (TPSA) is 59.9 Å². The van der Waals surface area contributed by atoms with Crippen molar-refractivity contribution in [1.82, 2.24) is 0 Å². The fourth-order valence-electron chi connectivity index (χ4n) is 2.14. The Balaban J connectivity index is 2.23. The quantitative estimate of drug-likeness (QED) is 0.810. The van der Waals surface area contributed by atoms with Gasteiger partial charge in [-0.15, -0.1) is 0 Å². The number of para-hydroxylation sites is 1. The van der Waals surface area contributed by atoms with Crippen LogP contribution in [0.3, 0.4) is 0 Å². The molecule has 0 atom stereocenters. The number of aliphatic imine (C=N–C) groups is 1. The summed E-state index contributed by atoms with van der Waals surface area (Å²) < 4.78 is 11.2. The van der Waals surface area contributed by atoms with Crippen LogP contribution in [0.25, 0.3) is 0 Å². The highest BCUT2D eigenvalue weighted by Crippen LogP contribution is 2.31. The number of carbonyl (C=O) groups excluding carboxylic acids is 1. The molecule has 24 heavy (non-hydrogen) atoms. The van der Waals surface area contributed by atoms with E-state index in [1.165, 1.54) is 6.92 Å². The lowest BCUT2D eigenvalue weighted by Crippen LogP contribution is -2.08. The van der Waals surface area contributed by atoms with Gasteiger partial charge in [0.1, 0.15) is 0 Å². The van der Waals surface area contributed by atoms with Crippen molar-refractivity contribution >= 4 is 23.5 Å². The maximum Gasteiger partial charge on any atom is 0.221 e. The van der Waals surface area contributed by atoms with Crippen molar-refractivity contribution < 1.29 is 14.3 Å². The maximum absolute atomic E-state index is 11.0. The molecule has 0 heterocycles. The summed E-state index contributed by atoms with van der Waals surface area (Å²) in [7, 11) is 1.62. The molecule has 2 rings (SSSR count). The first-order chi connectivity index (χ1) is 11.5. The predicted molar refractivity (Wildman–Crippen MR) is 96.8 cm³/mol. The van der Waals surface area contributed by atoms with Crippen molar-refractivity contribution in [2.75, 3.05) is 12.4 Å². The number of methoxy groups -OCH3 is 1. The largest absolute Gasteiger partial charge is 0.493 e. The number of carbonyl (C=O) groups is 1. The van der Waals surface area contributed by atoms with E-state index in [0.717, 1.165) is 16.9 Å². The highest BCUT2D eigenvalue weighted by Gasteiger charge is 2.10. The molecule has 0 bridgehead atoms. The minimum absolute atomic E-state index is 0.0328. The second-order valence-corrected chi connectivity index (χ2v) is 5.53. The molecule has 0 unspecified atom stereocenters. The Labute approximate surface area is 142 Å². The van der Waals surface area contributed by atoms with E-state index < -0.39 is 0 Å². The van der Waals surface area contributed by atoms with E-state index in [-0.39, 0.29) is 12.0 Å². The molecule has 0 saturated heterocycles. The molecular weight excluding hydrogens is 304 g/mol. The van der Waals surface area contributed by atoms with Gasteiger partial charge in [-0.05, 0) is 50.2 Å². The molecule has 0 radical (unpaired) electrons. The molecule has 126 valence electrons. The molecular formula is C19H22N2O3. The maximum atomic E-state index is 11.0. The first-order valence-electron chi connectivity index (χ1n) is 7.75. The van der Waals surface area contributed by atoms with Crippen molar-refractivity contribution in [3.05, 3.63) is 48.0 Å². The lowest BCUT2D eigenvalue weighted by Gasteiger charge is -2.15. The molecule has 0 aromatic heterocycles. The number of amides is 1. The summed E-state index contributed by atoms with van der Waals surface area (Å²) in [5.74, 6) is 1.25. The third-order valence-electron chi connectivity index (χ3n) is 3.12. The Morgan fingerprint density at radius 2 is 1.88 bits per heavy atom. The van der Waals surface area contributed by atoms with Crippen LogP contribution in [0.4, 0.5) is 11.4 Å². The van der Waals surface area contributed by atoms with E-state index in [0.29, 0.717) is 11.5 Å². The van der Waals surface area contributed by atoms with E-state index in [9.17, 15) is 4.79 Å². The standard InChI is InChI=1S/C19H22N2O3/c1-13(2)24-19-15(6-5-7-18(19)23-4)12-20-16-8-10-17(11-9-16)21-14(3)22/h5-13H,1-4H3,(H,21,22). The first-order valence-corrected chi connectivity index (χ1v) is 7.75. The van der Waals surface area contributed by atoms with Crippen LogP contribution < -0.4 is 14.8 Å². The van der Waals surface area contributed by atoms with E-state index in [1.807, 2.05) is 56.3 Å². The monoisotopic (exact) mass is 326 g/mol. The average molecular weight is 326 g/mol. The molecule has 0 aliphatic rings. The molecule has 1 amide bonds. The van der Waals surface area contributed by atoms with Crippen molar-refractivity contribution in [2.24, 2.45) is 4.99 Å². The fraction of sp³-hybridized carbons (Fsp3) is 0.263. The summed E-state index contributed by atoms with van der Waals surface area (Å²) in [5.41, 5.74) is 2.36. The van der Waals surface area contributed by atoms with Crippen molar-refractivity contribution in [3.63, 3.8) is 0 Å². The lowest BCUT2D eigenvalue weighted by molar-refractivity contribution is -0.114. The SMILES string of the molecule is COc1cccc(C=Nc2ccc(NC(C)=O)cc2)c1OC(C)C. The Hall–Kier alpha value is -2.82. The molecule has 1 N–H and O–H groups in total. The summed E-state index contributed by atoms with van der Waals surface area (Å²) in [4.78, 5) is 15.5. The van der Waals surface area contributed by atoms with Gasteiger partial charge < -0.3 is 14.8 Å². The third-order valence-corrected chi connectivity index (χ3v) is 3.12. The molecule has 0 aliphatic heterocycles. The summed E-state index contributed by atoms with van der Waals surface area (Å²) >= 11 is 0. The zero-order valence-electron chi connectivity index (χ0n) is 14.4. The van der Waals surface area contributed by atoms with Gasteiger partial charge in [-0.3, -0.25) is 9.79 Å². The summed E-state index contributed by atoms with van der Waals surface area (Å²) in [6.45, 7) is 5.41. The van der Waals surface area contributed by atoms with Gasteiger partial charge in [0, 0.05) is 24.4 Å². The van der Waals surface area contributed by atoms with Gasteiger partial charge in [-0.1, -0.05) is 6.07 Å². The highest BCUT2D eigenvalue weighted by molar-refractivity contribution is 5.89. The van der Waals surface area contributed by atoms with Crippen molar-refractivity contribution in [2.45, 2.75) is 26.9 Å². The minimum atomic E-state index is -0.0990. The van der Waals surface area contributed by atoms with Crippen molar-refractivity contribution in [1.29, 1.82) is 0 Å². The number of nitrogens with one attached hydrogen (secondary N) is 1. The predicted octanol–water partition coefficient (Wildman–Crippen LogP) is 4.19. The van der Waals surface area contributed by atoms with E-state index in [1.54, 1.807) is 13.3 Å². The van der Waals surface area contributed by atoms with Crippen LogP contribution in [-0.2, 0) is 4.79 Å². The van der Waals surface area contributed by atoms with Crippen LogP contribution in [0.15, 0.2) is 47.5 Å². The smallest absolute Gasteiger partial charge is 0.221 e. The molecule has 2 aromatic rings. The number of rotatable bonds is 6. The van der Waals surface area contributed by atoms with Gasteiger partial charge in [-0.25, -0.2) is 0 Å². The van der Waals surface area contributed by atoms with E-state index in [4.69, 9.17) is 9.47 Å². The van der Waals surface area contributed by atoms with Crippen LogP contribution in [0, 0.1) is 0 Å². The van der Waals surface area contributed by atoms with Gasteiger partial charge in [0.2, 0.25) is 5.91 Å². The number of benzene rings is 2. The zero-order chi connectivity index (χ0) is 17.5. The van der Waals surface area contributed by atoms with Gasteiger partial charge in [0.15, 0.2) is 11.5 Å². The Morgan fingerprint density at radius 3 is 2.46 bits per heavy atom. The van der Waals surface area contributed by atoms with E-state index in [2.05, 4.69) is 10.3 Å². The number of hydrogen-bond donors (Lipinski definition) is 1. The Bertz CT molecular complexity index is 722. The molecule has 2 aromatic carbocycles. The Kier molecular flexibility index (Phi) is 5.95. The van der Waals surface area contributed by atoms with Gasteiger partial charge in [-0.2, -0.15) is 0 Å². The minimum Gasteiger partial charge on any atom is -0.493 e. The normalized spacial score (nSPS) is 10.9. The Morgan fingerprint density at radius 1 is 1.17 bits per heavy atom. The van der Waals surface area contributed by atoms with Gasteiger partial charge in [0.25, 0.3) is 0 Å². The second-order valence-electron chi connectivity index (χ2n) is 5.53. The number of ether oxygens (including phenoxy) is 2. The molecule has 0 spiro atoms. The van der Waals surface area contributed by atoms with Gasteiger partial charge in [0.05, 0.1) is 18.9 Å². The zero-order valence-corrected chi connectivity index (χ0v) is 14.4. The summed E-state index contributed by atoms with van der Waals surface area (Å²) in [6.07, 6.45) is 1.78. The first kappa shape index (κ1) is 17.5. The van der Waals surface area contributed by atoms with Gasteiger partial charge >= 0.3 is 0 Å². The summed E-state index contributed by atoms with van der Waals surface area (Å²) in [5, 5.41) is 2.72. The van der Waals surface area contributed by atoms with E-state index >= 15 is 0 Å². The van der Waals surface area contributed by atoms with Crippen LogP contribution in [0.1, 0.15) is 26.3 Å². The molecule has 0 fully saturated rings. The summed E-state index contributed by atoms with van der Waals surface area (Å²) in [6, 6.07) is 13.0.